The van der Waals surface area contributed by atoms with Crippen LogP contribution in [0.1, 0.15) is 53.1 Å². The monoisotopic (exact) mass is 497 g/mol. The Bertz CT molecular complexity index is 1410. The van der Waals surface area contributed by atoms with Crippen LogP contribution in [0.5, 0.6) is 0 Å². The second-order valence-corrected chi connectivity index (χ2v) is 9.67. The van der Waals surface area contributed by atoms with Crippen LogP contribution in [0.4, 0.5) is 0 Å². The summed E-state index contributed by atoms with van der Waals surface area (Å²) in [7, 11) is 0. The molecule has 0 spiro atoms. The maximum absolute atomic E-state index is 12.8. The van der Waals surface area contributed by atoms with E-state index >= 15 is 0 Å². The zero-order valence-corrected chi connectivity index (χ0v) is 20.9. The lowest BCUT2D eigenvalue weighted by Gasteiger charge is -2.09. The molecule has 0 radical (unpaired) electrons. The molecule has 3 heterocycles. The van der Waals surface area contributed by atoms with Crippen molar-refractivity contribution in [3.63, 3.8) is 0 Å². The summed E-state index contributed by atoms with van der Waals surface area (Å²) >= 11 is 1.58. The maximum atomic E-state index is 12.8. The van der Waals surface area contributed by atoms with Crippen LogP contribution in [0, 0.1) is 0 Å². The van der Waals surface area contributed by atoms with Crippen LogP contribution in [-0.4, -0.2) is 41.2 Å². The third-order valence-corrected chi connectivity index (χ3v) is 6.92. The molecule has 9 heteroatoms. The molecular formula is C27H27N7OS. The zero-order valence-electron chi connectivity index (χ0n) is 20.1. The molecule has 2 aromatic carbocycles. The Morgan fingerprint density at radius 2 is 1.83 bits per heavy atom. The number of tetrazole rings is 1. The molecule has 0 aliphatic carbocycles. The lowest BCUT2D eigenvalue weighted by Crippen LogP contribution is -2.08. The number of Topliss-reactive ketones (excluding diaryl/α,β-unsaturated/α-hetero) is 1. The van der Waals surface area contributed by atoms with Gasteiger partial charge in [0.2, 0.25) is 11.6 Å². The Kier molecular flexibility index (Phi) is 7.37. The molecule has 0 saturated carbocycles. The first-order valence-electron chi connectivity index (χ1n) is 12.1. The van der Waals surface area contributed by atoms with Crippen LogP contribution in [-0.2, 0) is 19.4 Å². The standard InChI is InChI=1S/C27H27N7OS/c1-2-3-4-11-25-28-27(24(35)17-21-8-7-16-36-21)31-34(25)18-19-12-14-20(15-13-19)22-9-5-6-10-23(22)26-29-32-33-30-26/h5-10,12-16H,2-4,11,17-18H2,1H3,(H,29,30,32,33). The van der Waals surface area contributed by atoms with Gasteiger partial charge in [0.25, 0.3) is 0 Å². The van der Waals surface area contributed by atoms with Crippen molar-refractivity contribution >= 4 is 17.1 Å². The van der Waals surface area contributed by atoms with Crippen LogP contribution in [0.3, 0.4) is 0 Å². The van der Waals surface area contributed by atoms with Crippen molar-refractivity contribution in [1.29, 1.82) is 0 Å². The van der Waals surface area contributed by atoms with Crippen LogP contribution in [0.2, 0.25) is 0 Å². The molecule has 182 valence electrons. The summed E-state index contributed by atoms with van der Waals surface area (Å²) in [6.07, 6.45) is 4.43. The number of unbranched alkanes of at least 4 members (excludes halogenated alkanes) is 2. The number of aromatic nitrogens is 7. The first-order valence-corrected chi connectivity index (χ1v) is 13.0. The van der Waals surface area contributed by atoms with E-state index in [-0.39, 0.29) is 5.78 Å². The Hall–Kier alpha value is -3.98. The minimum Gasteiger partial charge on any atom is -0.290 e. The molecule has 0 atom stereocenters. The lowest BCUT2D eigenvalue weighted by atomic mass is 9.98. The quantitative estimate of drug-likeness (QED) is 0.194. The van der Waals surface area contributed by atoms with E-state index in [1.54, 1.807) is 11.3 Å². The van der Waals surface area contributed by atoms with Crippen molar-refractivity contribution in [2.75, 3.05) is 0 Å². The molecule has 0 unspecified atom stereocenters. The van der Waals surface area contributed by atoms with Gasteiger partial charge in [-0.15, -0.1) is 21.5 Å². The van der Waals surface area contributed by atoms with Gasteiger partial charge in [0, 0.05) is 23.3 Å². The predicted molar refractivity (Wildman–Crippen MR) is 140 cm³/mol. The molecule has 0 saturated heterocycles. The van der Waals surface area contributed by atoms with Crippen molar-refractivity contribution in [2.24, 2.45) is 0 Å². The number of ketones is 1. The maximum Gasteiger partial charge on any atom is 0.217 e. The number of hydrogen-bond acceptors (Lipinski definition) is 7. The van der Waals surface area contributed by atoms with Crippen molar-refractivity contribution < 1.29 is 4.79 Å². The number of H-pyrrole nitrogens is 1. The normalized spacial score (nSPS) is 11.1. The zero-order chi connectivity index (χ0) is 24.7. The minimum absolute atomic E-state index is 0.0400. The van der Waals surface area contributed by atoms with Crippen molar-refractivity contribution in [3.05, 3.63) is 88.1 Å². The summed E-state index contributed by atoms with van der Waals surface area (Å²) in [6.45, 7) is 2.74. The first-order chi connectivity index (χ1) is 17.7. The smallest absolute Gasteiger partial charge is 0.217 e. The van der Waals surface area contributed by atoms with Crippen LogP contribution in [0.25, 0.3) is 22.5 Å². The van der Waals surface area contributed by atoms with E-state index in [2.05, 4.69) is 68.0 Å². The van der Waals surface area contributed by atoms with E-state index in [9.17, 15) is 4.79 Å². The van der Waals surface area contributed by atoms with Gasteiger partial charge in [0.1, 0.15) is 5.82 Å². The molecule has 0 amide bonds. The lowest BCUT2D eigenvalue weighted by molar-refractivity contribution is 0.0983. The van der Waals surface area contributed by atoms with Crippen LogP contribution >= 0.6 is 11.3 Å². The molecule has 0 aliphatic rings. The van der Waals surface area contributed by atoms with Crippen LogP contribution in [0.15, 0.2) is 66.0 Å². The molecule has 0 fully saturated rings. The van der Waals surface area contributed by atoms with E-state index in [0.29, 0.717) is 24.6 Å². The Labute approximate surface area is 213 Å². The highest BCUT2D eigenvalue weighted by atomic mass is 32.1. The van der Waals surface area contributed by atoms with E-state index in [1.165, 1.54) is 0 Å². The highest BCUT2D eigenvalue weighted by Gasteiger charge is 2.18. The van der Waals surface area contributed by atoms with Gasteiger partial charge in [0.05, 0.1) is 6.54 Å². The third-order valence-electron chi connectivity index (χ3n) is 6.04. The summed E-state index contributed by atoms with van der Waals surface area (Å²) in [6, 6.07) is 20.3. The van der Waals surface area contributed by atoms with Gasteiger partial charge in [-0.25, -0.2) is 14.8 Å². The third kappa shape index (κ3) is 5.46. The van der Waals surface area contributed by atoms with Gasteiger partial charge in [-0.2, -0.15) is 0 Å². The number of nitrogens with one attached hydrogen (secondary N) is 1. The molecule has 1 N–H and O–H groups in total. The number of carbonyl (C=O) groups is 1. The predicted octanol–water partition coefficient (Wildman–Crippen LogP) is 5.39. The van der Waals surface area contributed by atoms with Crippen LogP contribution < -0.4 is 0 Å². The summed E-state index contributed by atoms with van der Waals surface area (Å²) in [5.74, 6) is 1.77. The molecule has 5 aromatic rings. The number of carbonyl (C=O) groups excluding carboxylic acids is 1. The largest absolute Gasteiger partial charge is 0.290 e. The number of hydrogen-bond donors (Lipinski definition) is 1. The molecule has 0 bridgehead atoms. The first kappa shape index (κ1) is 23.7. The average molecular weight is 498 g/mol. The fourth-order valence-electron chi connectivity index (χ4n) is 4.16. The number of benzene rings is 2. The number of nitrogens with zero attached hydrogens (tertiary/aromatic N) is 6. The SMILES string of the molecule is CCCCCc1nc(C(=O)Cc2cccs2)nn1Cc1ccc(-c2ccccc2-c2nnn[nH]2)cc1. The number of aryl methyl sites for hydroxylation is 1. The van der Waals surface area contributed by atoms with E-state index in [0.717, 1.165) is 58.6 Å². The van der Waals surface area contributed by atoms with E-state index in [4.69, 9.17) is 0 Å². The van der Waals surface area contributed by atoms with Gasteiger partial charge >= 0.3 is 0 Å². The fourth-order valence-corrected chi connectivity index (χ4v) is 4.87. The molecule has 0 aliphatic heterocycles. The van der Waals surface area contributed by atoms with Crippen molar-refractivity contribution in [3.8, 4) is 22.5 Å². The Morgan fingerprint density at radius 1 is 1.00 bits per heavy atom. The Morgan fingerprint density at radius 3 is 2.56 bits per heavy atom. The van der Waals surface area contributed by atoms with Gasteiger partial charge in [0.15, 0.2) is 5.82 Å². The fraction of sp³-hybridized carbons (Fsp3) is 0.259. The molecule has 8 nitrogen and oxygen atoms in total. The van der Waals surface area contributed by atoms with Crippen molar-refractivity contribution in [2.45, 2.75) is 45.6 Å². The average Bonchev–Trinajstić information content (AvgIpc) is 3.68. The number of rotatable bonds is 11. The second kappa shape index (κ2) is 11.2. The summed E-state index contributed by atoms with van der Waals surface area (Å²) < 4.78 is 1.89. The Balaban J connectivity index is 1.37. The van der Waals surface area contributed by atoms with E-state index in [1.807, 2.05) is 40.4 Å². The van der Waals surface area contributed by atoms with Gasteiger partial charge in [-0.3, -0.25) is 4.79 Å². The minimum atomic E-state index is -0.0400. The highest BCUT2D eigenvalue weighted by Crippen LogP contribution is 2.29. The topological polar surface area (TPSA) is 102 Å². The van der Waals surface area contributed by atoms with Gasteiger partial charge < -0.3 is 0 Å². The van der Waals surface area contributed by atoms with Gasteiger partial charge in [-0.05, 0) is 45.0 Å². The molecule has 3 aromatic heterocycles. The summed E-state index contributed by atoms with van der Waals surface area (Å²) in [5, 5.41) is 20.9. The van der Waals surface area contributed by atoms with E-state index < -0.39 is 0 Å². The highest BCUT2D eigenvalue weighted by molar-refractivity contribution is 7.10. The summed E-state index contributed by atoms with van der Waals surface area (Å²) in [4.78, 5) is 18.5. The number of thiophene rings is 1. The second-order valence-electron chi connectivity index (χ2n) is 8.64. The number of aromatic amines is 1. The summed E-state index contributed by atoms with van der Waals surface area (Å²) in [5.41, 5.74) is 4.15. The molecule has 5 rings (SSSR count). The molecule has 36 heavy (non-hydrogen) atoms. The molecular weight excluding hydrogens is 470 g/mol. The van der Waals surface area contributed by atoms with Gasteiger partial charge in [-0.1, -0.05) is 74.4 Å². The van der Waals surface area contributed by atoms with Crippen molar-refractivity contribution in [1.82, 2.24) is 35.4 Å².